The highest BCUT2D eigenvalue weighted by Crippen LogP contribution is 2.40. The maximum Gasteiger partial charge on any atom is 0.391 e. The molecule has 0 heterocycles. The van der Waals surface area contributed by atoms with Gasteiger partial charge in [0.25, 0.3) is 0 Å². The Morgan fingerprint density at radius 1 is 1.24 bits per heavy atom. The van der Waals surface area contributed by atoms with Crippen molar-refractivity contribution in [3.05, 3.63) is 0 Å². The first-order chi connectivity index (χ1) is 7.95. The Morgan fingerprint density at radius 3 is 2.29 bits per heavy atom. The van der Waals surface area contributed by atoms with Gasteiger partial charge in [-0.15, -0.1) is 11.8 Å². The van der Waals surface area contributed by atoms with Crippen LogP contribution >= 0.6 is 0 Å². The fourth-order valence-corrected chi connectivity index (χ4v) is 2.41. The Balaban J connectivity index is 2.32. The molecule has 1 unspecified atom stereocenters. The van der Waals surface area contributed by atoms with Crippen molar-refractivity contribution in [2.45, 2.75) is 57.7 Å². The third-order valence-electron chi connectivity index (χ3n) is 3.52. The topological polar surface area (TPSA) is 20.2 Å². The summed E-state index contributed by atoms with van der Waals surface area (Å²) in [5, 5.41) is 9.84. The summed E-state index contributed by atoms with van der Waals surface area (Å²) in [7, 11) is 0. The number of halogens is 3. The predicted octanol–water partition coefficient (Wildman–Crippen LogP) is 3.52. The molecule has 1 rings (SSSR count). The van der Waals surface area contributed by atoms with Gasteiger partial charge >= 0.3 is 6.18 Å². The zero-order valence-corrected chi connectivity index (χ0v) is 10.1. The third kappa shape index (κ3) is 4.59. The first-order valence-corrected chi connectivity index (χ1v) is 6.09. The number of hydrogen-bond acceptors (Lipinski definition) is 1. The summed E-state index contributed by atoms with van der Waals surface area (Å²) in [6.07, 6.45) is -2.10. The van der Waals surface area contributed by atoms with Gasteiger partial charge in [0.05, 0.1) is 12.0 Å². The van der Waals surface area contributed by atoms with Gasteiger partial charge in [-0.3, -0.25) is 0 Å². The molecule has 0 spiro atoms. The van der Waals surface area contributed by atoms with Crippen LogP contribution in [0.2, 0.25) is 0 Å². The van der Waals surface area contributed by atoms with E-state index in [0.29, 0.717) is 25.7 Å². The molecule has 1 nitrogen and oxygen atoms in total. The highest BCUT2D eigenvalue weighted by atomic mass is 19.4. The molecule has 0 aromatic carbocycles. The number of hydrogen-bond donors (Lipinski definition) is 1. The van der Waals surface area contributed by atoms with E-state index in [1.54, 1.807) is 6.92 Å². The Bertz CT molecular complexity index is 279. The average molecular weight is 248 g/mol. The Hall–Kier alpha value is -0.690. The lowest BCUT2D eigenvalue weighted by atomic mass is 9.78. The molecule has 0 aromatic heterocycles. The van der Waals surface area contributed by atoms with Gasteiger partial charge < -0.3 is 5.11 Å². The first kappa shape index (κ1) is 14.4. The summed E-state index contributed by atoms with van der Waals surface area (Å²) in [4.78, 5) is 0. The molecule has 0 radical (unpaired) electrons. The van der Waals surface area contributed by atoms with Crippen LogP contribution < -0.4 is 0 Å². The van der Waals surface area contributed by atoms with Crippen molar-refractivity contribution in [2.24, 2.45) is 11.8 Å². The van der Waals surface area contributed by atoms with Crippen LogP contribution in [0.15, 0.2) is 0 Å². The molecule has 0 bridgehead atoms. The van der Waals surface area contributed by atoms with E-state index in [-0.39, 0.29) is 18.8 Å². The van der Waals surface area contributed by atoms with Crippen LogP contribution in [0.1, 0.15) is 45.4 Å². The van der Waals surface area contributed by atoms with Gasteiger partial charge in [-0.25, -0.2) is 0 Å². The summed E-state index contributed by atoms with van der Waals surface area (Å²) in [6.45, 7) is 1.74. The van der Waals surface area contributed by atoms with E-state index in [1.807, 2.05) is 0 Å². The van der Waals surface area contributed by atoms with Crippen LogP contribution in [0.5, 0.6) is 0 Å². The molecule has 4 heteroatoms. The van der Waals surface area contributed by atoms with Crippen molar-refractivity contribution >= 4 is 0 Å². The smallest absolute Gasteiger partial charge is 0.391 e. The SMILES string of the molecule is CC#CCCC(O)C1CCC(C(F)(F)F)CC1. The van der Waals surface area contributed by atoms with Crippen LogP contribution in [0, 0.1) is 23.7 Å². The summed E-state index contributed by atoms with van der Waals surface area (Å²) >= 11 is 0. The van der Waals surface area contributed by atoms with Gasteiger partial charge in [-0.1, -0.05) is 0 Å². The largest absolute Gasteiger partial charge is 0.393 e. The molecule has 1 aliphatic carbocycles. The molecule has 0 amide bonds. The standard InChI is InChI=1S/C13H19F3O/c1-2-3-4-5-12(17)10-6-8-11(9-7-10)13(14,15)16/h10-12,17H,4-9H2,1H3. The molecule has 0 aliphatic heterocycles. The lowest BCUT2D eigenvalue weighted by Gasteiger charge is -2.32. The first-order valence-electron chi connectivity index (χ1n) is 6.09. The lowest BCUT2D eigenvalue weighted by Crippen LogP contribution is -2.31. The zero-order chi connectivity index (χ0) is 12.9. The minimum Gasteiger partial charge on any atom is -0.393 e. The van der Waals surface area contributed by atoms with Crippen LogP contribution in [-0.4, -0.2) is 17.4 Å². The van der Waals surface area contributed by atoms with Crippen molar-refractivity contribution in [3.8, 4) is 11.8 Å². The second kappa shape index (κ2) is 6.30. The van der Waals surface area contributed by atoms with Crippen molar-refractivity contribution < 1.29 is 18.3 Å². The Labute approximate surface area is 100 Å². The molecule has 0 aromatic rings. The third-order valence-corrected chi connectivity index (χ3v) is 3.52. The van der Waals surface area contributed by atoms with Gasteiger partial charge in [0, 0.05) is 6.42 Å². The Morgan fingerprint density at radius 2 is 1.82 bits per heavy atom. The van der Waals surface area contributed by atoms with E-state index in [4.69, 9.17) is 0 Å². The van der Waals surface area contributed by atoms with Crippen molar-refractivity contribution in [2.75, 3.05) is 0 Å². The quantitative estimate of drug-likeness (QED) is 0.758. The molecule has 0 saturated heterocycles. The van der Waals surface area contributed by atoms with Gasteiger partial charge in [-0.2, -0.15) is 13.2 Å². The molecule has 98 valence electrons. The minimum absolute atomic E-state index is 0.0206. The zero-order valence-electron chi connectivity index (χ0n) is 10.1. The normalized spacial score (nSPS) is 27.1. The second-order valence-electron chi connectivity index (χ2n) is 4.69. The van der Waals surface area contributed by atoms with Crippen molar-refractivity contribution in [3.63, 3.8) is 0 Å². The molecule has 1 fully saturated rings. The summed E-state index contributed by atoms with van der Waals surface area (Å²) < 4.78 is 37.3. The van der Waals surface area contributed by atoms with Gasteiger partial charge in [-0.05, 0) is 44.9 Å². The van der Waals surface area contributed by atoms with Crippen LogP contribution in [0.25, 0.3) is 0 Å². The fraction of sp³-hybridized carbons (Fsp3) is 0.846. The van der Waals surface area contributed by atoms with Crippen LogP contribution in [0.3, 0.4) is 0 Å². The molecular formula is C13H19F3O. The highest BCUT2D eigenvalue weighted by Gasteiger charge is 2.42. The molecule has 1 N–H and O–H groups in total. The number of aliphatic hydroxyl groups excluding tert-OH is 1. The molecule has 1 saturated carbocycles. The summed E-state index contributed by atoms with van der Waals surface area (Å²) in [5.41, 5.74) is 0. The van der Waals surface area contributed by atoms with Crippen molar-refractivity contribution in [1.29, 1.82) is 0 Å². The van der Waals surface area contributed by atoms with E-state index in [9.17, 15) is 18.3 Å². The summed E-state index contributed by atoms with van der Waals surface area (Å²) in [6, 6.07) is 0. The van der Waals surface area contributed by atoms with Crippen LogP contribution in [0.4, 0.5) is 13.2 Å². The number of aliphatic hydroxyl groups is 1. The maximum atomic E-state index is 12.4. The molecule has 1 atom stereocenters. The monoisotopic (exact) mass is 248 g/mol. The average Bonchev–Trinajstić information content (AvgIpc) is 2.28. The van der Waals surface area contributed by atoms with E-state index in [1.165, 1.54) is 0 Å². The molecular weight excluding hydrogens is 229 g/mol. The maximum absolute atomic E-state index is 12.4. The number of alkyl halides is 3. The number of rotatable bonds is 3. The van der Waals surface area contributed by atoms with Crippen molar-refractivity contribution in [1.82, 2.24) is 0 Å². The van der Waals surface area contributed by atoms with E-state index < -0.39 is 18.2 Å². The lowest BCUT2D eigenvalue weighted by molar-refractivity contribution is -0.185. The predicted molar refractivity (Wildman–Crippen MR) is 60.2 cm³/mol. The minimum atomic E-state index is -4.07. The molecule has 17 heavy (non-hydrogen) atoms. The summed E-state index contributed by atoms with van der Waals surface area (Å²) in [5.74, 6) is 4.46. The van der Waals surface area contributed by atoms with E-state index >= 15 is 0 Å². The van der Waals surface area contributed by atoms with Gasteiger partial charge in [0.1, 0.15) is 0 Å². The van der Waals surface area contributed by atoms with Gasteiger partial charge in [0.15, 0.2) is 0 Å². The Kier molecular flexibility index (Phi) is 5.32. The fourth-order valence-electron chi connectivity index (χ4n) is 2.41. The second-order valence-corrected chi connectivity index (χ2v) is 4.69. The molecule has 1 aliphatic rings. The van der Waals surface area contributed by atoms with E-state index in [0.717, 1.165) is 0 Å². The highest BCUT2D eigenvalue weighted by molar-refractivity contribution is 4.95. The van der Waals surface area contributed by atoms with Gasteiger partial charge in [0.2, 0.25) is 0 Å². The van der Waals surface area contributed by atoms with Crippen LogP contribution in [-0.2, 0) is 0 Å². The van der Waals surface area contributed by atoms with E-state index in [2.05, 4.69) is 11.8 Å².